The Kier molecular flexibility index (Phi) is 4.53. The van der Waals surface area contributed by atoms with Crippen LogP contribution in [0.5, 0.6) is 0 Å². The van der Waals surface area contributed by atoms with Gasteiger partial charge >= 0.3 is 5.97 Å². The average Bonchev–Trinajstić information content (AvgIpc) is 3.25. The maximum atomic E-state index is 12.7. The summed E-state index contributed by atoms with van der Waals surface area (Å²) in [5, 5.41) is 16.8. The van der Waals surface area contributed by atoms with Crippen LogP contribution in [0.3, 0.4) is 0 Å². The summed E-state index contributed by atoms with van der Waals surface area (Å²) in [4.78, 5) is 25.4. The third-order valence-electron chi connectivity index (χ3n) is 4.05. The van der Waals surface area contributed by atoms with Crippen molar-refractivity contribution in [1.29, 1.82) is 0 Å². The van der Waals surface area contributed by atoms with Crippen LogP contribution < -0.4 is 0 Å². The lowest BCUT2D eigenvalue weighted by Crippen LogP contribution is -2.38. The zero-order valence-corrected chi connectivity index (χ0v) is 13.8. The average molecular weight is 349 g/mol. The quantitative estimate of drug-likeness (QED) is 0.865. The van der Waals surface area contributed by atoms with Crippen molar-refractivity contribution in [1.82, 2.24) is 19.9 Å². The first-order valence-corrected chi connectivity index (χ1v) is 8.03. The van der Waals surface area contributed by atoms with Gasteiger partial charge in [0.15, 0.2) is 5.69 Å². The highest BCUT2D eigenvalue weighted by molar-refractivity contribution is 6.30. The number of carbonyl (C=O) groups is 2. The van der Waals surface area contributed by atoms with Gasteiger partial charge in [0.2, 0.25) is 5.91 Å². The zero-order chi connectivity index (χ0) is 17.3. The summed E-state index contributed by atoms with van der Waals surface area (Å²) in [6, 6.07) is 7.55. The molecule has 1 saturated carbocycles. The van der Waals surface area contributed by atoms with Crippen molar-refractivity contribution in [3.8, 4) is 0 Å². The van der Waals surface area contributed by atoms with E-state index in [-0.39, 0.29) is 30.2 Å². The van der Waals surface area contributed by atoms with Crippen LogP contribution in [0.4, 0.5) is 0 Å². The van der Waals surface area contributed by atoms with Gasteiger partial charge in [0, 0.05) is 11.1 Å². The van der Waals surface area contributed by atoms with Crippen molar-refractivity contribution in [3.63, 3.8) is 0 Å². The number of benzene rings is 1. The molecule has 0 spiro atoms. The summed E-state index contributed by atoms with van der Waals surface area (Å²) in [7, 11) is 0. The fourth-order valence-electron chi connectivity index (χ4n) is 2.68. The molecule has 0 aliphatic heterocycles. The largest absolute Gasteiger partial charge is 0.476 e. The van der Waals surface area contributed by atoms with Crippen molar-refractivity contribution < 1.29 is 14.7 Å². The molecule has 7 nitrogen and oxygen atoms in total. The highest BCUT2D eigenvalue weighted by Crippen LogP contribution is 2.34. The number of carboxylic acids is 1. The number of nitrogens with zero attached hydrogens (tertiary/aromatic N) is 4. The highest BCUT2D eigenvalue weighted by atomic mass is 35.5. The number of hydrogen-bond acceptors (Lipinski definition) is 4. The van der Waals surface area contributed by atoms with Gasteiger partial charge in [-0.2, -0.15) is 0 Å². The molecule has 1 aliphatic rings. The van der Waals surface area contributed by atoms with Crippen molar-refractivity contribution in [3.05, 3.63) is 46.7 Å². The van der Waals surface area contributed by atoms with E-state index in [2.05, 4.69) is 10.3 Å². The number of halogens is 1. The van der Waals surface area contributed by atoms with Crippen LogP contribution in [0.2, 0.25) is 5.02 Å². The molecule has 1 heterocycles. The highest BCUT2D eigenvalue weighted by Gasteiger charge is 2.36. The van der Waals surface area contributed by atoms with E-state index < -0.39 is 5.97 Å². The summed E-state index contributed by atoms with van der Waals surface area (Å²) in [6.45, 7) is 1.94. The number of aromatic nitrogens is 3. The molecular formula is C16H17ClN4O3. The van der Waals surface area contributed by atoms with Gasteiger partial charge in [-0.15, -0.1) is 5.10 Å². The van der Waals surface area contributed by atoms with Gasteiger partial charge in [0.05, 0.1) is 12.2 Å². The molecule has 0 radical (unpaired) electrons. The number of amides is 1. The third kappa shape index (κ3) is 3.56. The number of aromatic carboxylic acids is 1. The molecule has 1 fully saturated rings. The second-order valence-electron chi connectivity index (χ2n) is 5.87. The first kappa shape index (κ1) is 16.4. The number of hydrogen-bond donors (Lipinski definition) is 1. The summed E-state index contributed by atoms with van der Waals surface area (Å²) < 4.78 is 1.26. The van der Waals surface area contributed by atoms with Crippen LogP contribution in [-0.2, 0) is 11.3 Å². The first-order valence-electron chi connectivity index (χ1n) is 7.65. The summed E-state index contributed by atoms with van der Waals surface area (Å²) in [6.07, 6.45) is 3.21. The summed E-state index contributed by atoms with van der Waals surface area (Å²) in [5.74, 6) is -1.27. The SMILES string of the molecule is C[C@@H](c1ccc(Cl)cc1)N(C(=O)Cn1cc(C(=O)O)nn1)C1CC1. The zero-order valence-electron chi connectivity index (χ0n) is 13.1. The standard InChI is InChI=1S/C16H17ClN4O3/c1-10(11-2-4-12(17)5-3-11)21(13-6-7-13)15(22)9-20-8-14(16(23)24)18-19-20/h2-5,8,10,13H,6-7,9H2,1H3,(H,23,24)/t10-/m0/s1. The molecule has 1 aromatic heterocycles. The minimum Gasteiger partial charge on any atom is -0.476 e. The normalized spacial score (nSPS) is 15.1. The molecule has 8 heteroatoms. The minimum atomic E-state index is -1.16. The smallest absolute Gasteiger partial charge is 0.358 e. The Morgan fingerprint density at radius 3 is 2.58 bits per heavy atom. The third-order valence-corrected chi connectivity index (χ3v) is 4.30. The van der Waals surface area contributed by atoms with Gasteiger partial charge in [-0.05, 0) is 37.5 Å². The predicted octanol–water partition coefficient (Wildman–Crippen LogP) is 2.38. The molecule has 0 unspecified atom stereocenters. The Hall–Kier alpha value is -2.41. The van der Waals surface area contributed by atoms with Gasteiger partial charge in [-0.1, -0.05) is 28.9 Å². The monoisotopic (exact) mass is 348 g/mol. The van der Waals surface area contributed by atoms with E-state index in [1.165, 1.54) is 10.9 Å². The topological polar surface area (TPSA) is 88.3 Å². The Morgan fingerprint density at radius 2 is 2.04 bits per heavy atom. The summed E-state index contributed by atoms with van der Waals surface area (Å²) in [5.41, 5.74) is 0.830. The first-order chi connectivity index (χ1) is 11.5. The van der Waals surface area contributed by atoms with Crippen LogP contribution in [0.25, 0.3) is 0 Å². The van der Waals surface area contributed by atoms with E-state index in [1.807, 2.05) is 24.0 Å². The Balaban J connectivity index is 1.75. The van der Waals surface area contributed by atoms with Crippen molar-refractivity contribution >= 4 is 23.5 Å². The van der Waals surface area contributed by atoms with Gasteiger partial charge < -0.3 is 10.0 Å². The second-order valence-corrected chi connectivity index (χ2v) is 6.30. The molecule has 1 atom stereocenters. The Morgan fingerprint density at radius 1 is 1.38 bits per heavy atom. The van der Waals surface area contributed by atoms with Gasteiger partial charge in [-0.3, -0.25) is 4.79 Å². The van der Waals surface area contributed by atoms with Crippen LogP contribution in [-0.4, -0.2) is 42.9 Å². The maximum absolute atomic E-state index is 12.7. The molecule has 126 valence electrons. The minimum absolute atomic E-state index is 0.0330. The molecule has 1 aliphatic carbocycles. The lowest BCUT2D eigenvalue weighted by molar-refractivity contribution is -0.135. The number of rotatable bonds is 6. The second kappa shape index (κ2) is 6.60. The van der Waals surface area contributed by atoms with E-state index in [9.17, 15) is 9.59 Å². The molecule has 24 heavy (non-hydrogen) atoms. The Bertz CT molecular complexity index is 755. The van der Waals surface area contributed by atoms with Crippen LogP contribution >= 0.6 is 11.6 Å². The molecular weight excluding hydrogens is 332 g/mol. The van der Waals surface area contributed by atoms with Gasteiger partial charge in [0.1, 0.15) is 6.54 Å². The predicted molar refractivity (Wildman–Crippen MR) is 86.7 cm³/mol. The maximum Gasteiger partial charge on any atom is 0.358 e. The Labute approximate surface area is 143 Å². The molecule has 0 bridgehead atoms. The van der Waals surface area contributed by atoms with E-state index in [0.717, 1.165) is 18.4 Å². The molecule has 1 N–H and O–H groups in total. The van der Waals surface area contributed by atoms with E-state index in [1.54, 1.807) is 12.1 Å². The molecule has 2 aromatic rings. The molecule has 1 amide bonds. The molecule has 0 saturated heterocycles. The molecule has 1 aromatic carbocycles. The van der Waals surface area contributed by atoms with Crippen molar-refractivity contribution in [2.24, 2.45) is 0 Å². The summed E-state index contributed by atoms with van der Waals surface area (Å²) >= 11 is 5.92. The van der Waals surface area contributed by atoms with Crippen LogP contribution in [0.15, 0.2) is 30.5 Å². The van der Waals surface area contributed by atoms with E-state index in [4.69, 9.17) is 16.7 Å². The number of carbonyl (C=O) groups excluding carboxylic acids is 1. The van der Waals surface area contributed by atoms with E-state index in [0.29, 0.717) is 5.02 Å². The van der Waals surface area contributed by atoms with Crippen LogP contribution in [0.1, 0.15) is 41.9 Å². The molecule has 3 rings (SSSR count). The van der Waals surface area contributed by atoms with Crippen molar-refractivity contribution in [2.75, 3.05) is 0 Å². The fraction of sp³-hybridized carbons (Fsp3) is 0.375. The van der Waals surface area contributed by atoms with Gasteiger partial charge in [-0.25, -0.2) is 9.48 Å². The lowest BCUT2D eigenvalue weighted by atomic mass is 10.1. The van der Waals surface area contributed by atoms with Crippen molar-refractivity contribution in [2.45, 2.75) is 38.4 Å². The van der Waals surface area contributed by atoms with E-state index >= 15 is 0 Å². The lowest BCUT2D eigenvalue weighted by Gasteiger charge is -2.29. The van der Waals surface area contributed by atoms with Crippen LogP contribution in [0, 0.1) is 0 Å². The fourth-order valence-corrected chi connectivity index (χ4v) is 2.81. The van der Waals surface area contributed by atoms with Gasteiger partial charge in [0.25, 0.3) is 0 Å². The number of carboxylic acid groups (broad SMARTS) is 1.